The van der Waals surface area contributed by atoms with E-state index in [0.717, 1.165) is 17.1 Å². The van der Waals surface area contributed by atoms with Gasteiger partial charge in [0.15, 0.2) is 5.65 Å². The Morgan fingerprint density at radius 1 is 1.11 bits per heavy atom. The number of benzene rings is 1. The molecule has 0 saturated heterocycles. The molecule has 0 aliphatic rings. The lowest BCUT2D eigenvalue weighted by molar-refractivity contribution is 0.481. The van der Waals surface area contributed by atoms with Crippen molar-refractivity contribution in [2.24, 2.45) is 0 Å². The van der Waals surface area contributed by atoms with Crippen LogP contribution in [0.15, 0.2) is 48.9 Å². The normalized spacial score (nSPS) is 11.1. The monoisotopic (exact) mass is 253 g/mol. The fraction of sp³-hybridized carbons (Fsp3) is 0.200. The summed E-state index contributed by atoms with van der Waals surface area (Å²) in [6.45, 7) is 4.34. The molecule has 4 nitrogen and oxygen atoms in total. The predicted molar refractivity (Wildman–Crippen MR) is 73.6 cm³/mol. The second-order valence-electron chi connectivity index (χ2n) is 4.75. The van der Waals surface area contributed by atoms with Crippen LogP contribution in [-0.2, 0) is 0 Å². The number of fused-ring (bicyclic) bond motifs is 1. The Morgan fingerprint density at radius 3 is 2.79 bits per heavy atom. The molecule has 2 aromatic heterocycles. The van der Waals surface area contributed by atoms with Crippen LogP contribution in [0.2, 0.25) is 0 Å². The van der Waals surface area contributed by atoms with Crippen LogP contribution in [-0.4, -0.2) is 14.6 Å². The van der Waals surface area contributed by atoms with E-state index < -0.39 is 0 Å². The highest BCUT2D eigenvalue weighted by Crippen LogP contribution is 2.25. The number of hydrogen-bond acceptors (Lipinski definition) is 3. The molecule has 0 radical (unpaired) electrons. The van der Waals surface area contributed by atoms with Gasteiger partial charge in [-0.05, 0) is 29.7 Å². The molecule has 19 heavy (non-hydrogen) atoms. The molecule has 0 amide bonds. The van der Waals surface area contributed by atoms with E-state index in [1.807, 2.05) is 30.5 Å². The summed E-state index contributed by atoms with van der Waals surface area (Å²) in [5.74, 6) is 2.10. The van der Waals surface area contributed by atoms with Gasteiger partial charge in [-0.3, -0.25) is 0 Å². The highest BCUT2D eigenvalue weighted by atomic mass is 16.5. The van der Waals surface area contributed by atoms with E-state index in [1.54, 1.807) is 4.52 Å². The summed E-state index contributed by atoms with van der Waals surface area (Å²) in [5, 5.41) is 4.05. The summed E-state index contributed by atoms with van der Waals surface area (Å²) in [5.41, 5.74) is 2.04. The molecule has 0 saturated carbocycles. The summed E-state index contributed by atoms with van der Waals surface area (Å²) in [4.78, 5) is 4.14. The number of ether oxygens (including phenoxy) is 1. The van der Waals surface area contributed by atoms with Crippen LogP contribution in [0.25, 0.3) is 5.65 Å². The third kappa shape index (κ3) is 2.42. The van der Waals surface area contributed by atoms with E-state index in [0.29, 0.717) is 5.92 Å². The van der Waals surface area contributed by atoms with Gasteiger partial charge in [-0.15, -0.1) is 0 Å². The van der Waals surface area contributed by atoms with Gasteiger partial charge in [0.25, 0.3) is 0 Å². The summed E-state index contributed by atoms with van der Waals surface area (Å²) in [6.07, 6.45) is 3.36. The maximum atomic E-state index is 5.87. The SMILES string of the molecule is CC(C)c1cccc(Oc2ccn3ncnc3c2)c1. The van der Waals surface area contributed by atoms with Gasteiger partial charge in [-0.2, -0.15) is 5.10 Å². The molecule has 0 unspecified atom stereocenters. The molecular formula is C15H15N3O. The molecular weight excluding hydrogens is 238 g/mol. The first kappa shape index (κ1) is 11.7. The van der Waals surface area contributed by atoms with Crippen molar-refractivity contribution in [1.82, 2.24) is 14.6 Å². The highest BCUT2D eigenvalue weighted by molar-refractivity contribution is 5.44. The van der Waals surface area contributed by atoms with Gasteiger partial charge in [0.05, 0.1) is 0 Å². The molecule has 0 aliphatic carbocycles. The molecule has 0 fully saturated rings. The lowest BCUT2D eigenvalue weighted by Gasteiger charge is -2.09. The van der Waals surface area contributed by atoms with Crippen molar-refractivity contribution >= 4 is 5.65 Å². The third-order valence-corrected chi connectivity index (χ3v) is 3.01. The standard InChI is InChI=1S/C15H15N3O/c1-11(2)12-4-3-5-13(8-12)19-14-6-7-18-15(9-14)16-10-17-18/h3-11H,1-2H3. The van der Waals surface area contributed by atoms with Crippen molar-refractivity contribution in [1.29, 1.82) is 0 Å². The maximum Gasteiger partial charge on any atom is 0.158 e. The minimum absolute atomic E-state index is 0.488. The van der Waals surface area contributed by atoms with Crippen molar-refractivity contribution in [2.75, 3.05) is 0 Å². The second-order valence-corrected chi connectivity index (χ2v) is 4.75. The van der Waals surface area contributed by atoms with Crippen LogP contribution in [0.3, 0.4) is 0 Å². The average molecular weight is 253 g/mol. The number of rotatable bonds is 3. The molecule has 0 N–H and O–H groups in total. The fourth-order valence-electron chi connectivity index (χ4n) is 1.93. The first-order chi connectivity index (χ1) is 9.22. The van der Waals surface area contributed by atoms with E-state index in [4.69, 9.17) is 4.74 Å². The van der Waals surface area contributed by atoms with Gasteiger partial charge in [-0.25, -0.2) is 9.50 Å². The van der Waals surface area contributed by atoms with E-state index in [-0.39, 0.29) is 0 Å². The third-order valence-electron chi connectivity index (χ3n) is 3.01. The summed E-state index contributed by atoms with van der Waals surface area (Å²) < 4.78 is 7.57. The van der Waals surface area contributed by atoms with Gasteiger partial charge in [0, 0.05) is 12.3 Å². The summed E-state index contributed by atoms with van der Waals surface area (Å²) >= 11 is 0. The molecule has 2 heterocycles. The fourth-order valence-corrected chi connectivity index (χ4v) is 1.93. The van der Waals surface area contributed by atoms with Gasteiger partial charge < -0.3 is 4.74 Å². The Kier molecular flexibility index (Phi) is 2.91. The van der Waals surface area contributed by atoms with Gasteiger partial charge in [0.2, 0.25) is 0 Å². The number of pyridine rings is 1. The largest absolute Gasteiger partial charge is 0.457 e. The Bertz CT molecular complexity index is 703. The quantitative estimate of drug-likeness (QED) is 0.715. The first-order valence-electron chi connectivity index (χ1n) is 6.29. The zero-order chi connectivity index (χ0) is 13.2. The van der Waals surface area contributed by atoms with Crippen LogP contribution < -0.4 is 4.74 Å². The Balaban J connectivity index is 1.89. The molecule has 0 aliphatic heterocycles. The topological polar surface area (TPSA) is 39.4 Å². The first-order valence-corrected chi connectivity index (χ1v) is 6.29. The van der Waals surface area contributed by atoms with E-state index in [2.05, 4.69) is 36.1 Å². The molecule has 3 rings (SSSR count). The van der Waals surface area contributed by atoms with Crippen LogP contribution in [0, 0.1) is 0 Å². The van der Waals surface area contributed by atoms with E-state index >= 15 is 0 Å². The zero-order valence-electron chi connectivity index (χ0n) is 10.9. The van der Waals surface area contributed by atoms with Crippen molar-refractivity contribution < 1.29 is 4.74 Å². The lowest BCUT2D eigenvalue weighted by Crippen LogP contribution is -1.91. The molecule has 96 valence electrons. The van der Waals surface area contributed by atoms with Crippen molar-refractivity contribution in [2.45, 2.75) is 19.8 Å². The molecule has 3 aromatic rings. The maximum absolute atomic E-state index is 5.87. The molecule has 0 atom stereocenters. The van der Waals surface area contributed by atoms with Crippen molar-refractivity contribution in [3.05, 3.63) is 54.5 Å². The zero-order valence-corrected chi connectivity index (χ0v) is 10.9. The summed E-state index contributed by atoms with van der Waals surface area (Å²) in [6, 6.07) is 11.9. The van der Waals surface area contributed by atoms with Crippen molar-refractivity contribution in [3.63, 3.8) is 0 Å². The van der Waals surface area contributed by atoms with Crippen LogP contribution in [0.1, 0.15) is 25.3 Å². The molecule has 1 aromatic carbocycles. The number of hydrogen-bond donors (Lipinski definition) is 0. The lowest BCUT2D eigenvalue weighted by atomic mass is 10.0. The molecule has 0 spiro atoms. The highest BCUT2D eigenvalue weighted by Gasteiger charge is 2.03. The Hall–Kier alpha value is -2.36. The Labute approximate surface area is 111 Å². The predicted octanol–water partition coefficient (Wildman–Crippen LogP) is 3.65. The van der Waals surface area contributed by atoms with Gasteiger partial charge in [0.1, 0.15) is 17.8 Å². The minimum Gasteiger partial charge on any atom is -0.457 e. The average Bonchev–Trinajstić information content (AvgIpc) is 2.86. The molecule has 0 bridgehead atoms. The van der Waals surface area contributed by atoms with Crippen molar-refractivity contribution in [3.8, 4) is 11.5 Å². The van der Waals surface area contributed by atoms with E-state index in [9.17, 15) is 0 Å². The molecule has 4 heteroatoms. The second kappa shape index (κ2) is 4.72. The van der Waals surface area contributed by atoms with Gasteiger partial charge >= 0.3 is 0 Å². The minimum atomic E-state index is 0.488. The van der Waals surface area contributed by atoms with Gasteiger partial charge in [-0.1, -0.05) is 26.0 Å². The number of aromatic nitrogens is 3. The summed E-state index contributed by atoms with van der Waals surface area (Å²) in [7, 11) is 0. The number of nitrogens with zero attached hydrogens (tertiary/aromatic N) is 3. The van der Waals surface area contributed by atoms with E-state index in [1.165, 1.54) is 11.9 Å². The Morgan fingerprint density at radius 2 is 1.95 bits per heavy atom. The smallest absolute Gasteiger partial charge is 0.158 e. The van der Waals surface area contributed by atoms with Crippen LogP contribution in [0.5, 0.6) is 11.5 Å². The van der Waals surface area contributed by atoms with Crippen LogP contribution in [0.4, 0.5) is 0 Å². The van der Waals surface area contributed by atoms with Crippen LogP contribution >= 0.6 is 0 Å².